The van der Waals surface area contributed by atoms with Gasteiger partial charge in [0.2, 0.25) is 0 Å². The molecule has 1 heterocycles. The van der Waals surface area contributed by atoms with Crippen LogP contribution in [-0.2, 0) is 0 Å². The maximum Gasteiger partial charge on any atom is 0.0727 e. The van der Waals surface area contributed by atoms with E-state index in [0.29, 0.717) is 5.69 Å². The zero-order valence-electron chi connectivity index (χ0n) is 11.7. The number of nitrogens with two attached hydrogens (primary N) is 1. The van der Waals surface area contributed by atoms with Crippen LogP contribution in [0.3, 0.4) is 0 Å². The van der Waals surface area contributed by atoms with E-state index in [1.807, 2.05) is 45.0 Å². The van der Waals surface area contributed by atoms with E-state index in [-0.39, 0.29) is 12.1 Å². The molecule has 1 aromatic carbocycles. The normalized spacial score (nSPS) is 14.3. The average molecular weight is 259 g/mol. The number of nitrogens with zero attached hydrogens (tertiary/aromatic N) is 1. The van der Waals surface area contributed by atoms with Gasteiger partial charge in [-0.25, -0.2) is 0 Å². The van der Waals surface area contributed by atoms with Crippen LogP contribution in [0, 0.1) is 6.92 Å². The van der Waals surface area contributed by atoms with Crippen LogP contribution >= 0.6 is 0 Å². The number of anilines is 2. The maximum atomic E-state index is 9.54. The Hall–Kier alpha value is -1.81. The number of aliphatic hydroxyl groups excluding tert-OH is 1. The first-order valence-corrected chi connectivity index (χ1v) is 6.53. The molecule has 0 aliphatic rings. The third kappa shape index (κ3) is 2.79. The van der Waals surface area contributed by atoms with E-state index >= 15 is 0 Å². The molecule has 0 saturated carbocycles. The molecular formula is C15H21N3O. The summed E-state index contributed by atoms with van der Waals surface area (Å²) in [4.78, 5) is 4.50. The van der Waals surface area contributed by atoms with Crippen LogP contribution in [-0.4, -0.2) is 22.2 Å². The van der Waals surface area contributed by atoms with Crippen LogP contribution < -0.4 is 11.1 Å². The van der Waals surface area contributed by atoms with Crippen molar-refractivity contribution in [2.75, 3.05) is 17.7 Å². The second-order valence-corrected chi connectivity index (χ2v) is 5.29. The highest BCUT2D eigenvalue weighted by molar-refractivity contribution is 5.93. The number of nitrogen functional groups attached to an aromatic ring is 1. The quantitative estimate of drug-likeness (QED) is 0.738. The number of aryl methyl sites for hydroxylation is 1. The van der Waals surface area contributed by atoms with Crippen LogP contribution in [0.15, 0.2) is 24.3 Å². The molecule has 0 aliphatic heterocycles. The minimum Gasteiger partial charge on any atom is -0.399 e. The fourth-order valence-corrected chi connectivity index (χ4v) is 2.04. The predicted octanol–water partition coefficient (Wildman–Crippen LogP) is 2.70. The number of nitrogens with one attached hydrogen (secondary N) is 1. The van der Waals surface area contributed by atoms with E-state index in [0.717, 1.165) is 28.7 Å². The van der Waals surface area contributed by atoms with Gasteiger partial charge in [-0.15, -0.1) is 0 Å². The van der Waals surface area contributed by atoms with Gasteiger partial charge in [-0.1, -0.05) is 6.92 Å². The molecule has 102 valence electrons. The number of pyridine rings is 1. The average Bonchev–Trinajstić information content (AvgIpc) is 2.39. The topological polar surface area (TPSA) is 71.2 Å². The Bertz CT molecular complexity index is 591. The van der Waals surface area contributed by atoms with E-state index in [2.05, 4.69) is 10.3 Å². The van der Waals surface area contributed by atoms with E-state index in [9.17, 15) is 5.11 Å². The van der Waals surface area contributed by atoms with Crippen LogP contribution in [0.5, 0.6) is 0 Å². The van der Waals surface area contributed by atoms with E-state index < -0.39 is 0 Å². The summed E-state index contributed by atoms with van der Waals surface area (Å²) in [5.41, 5.74) is 9.04. The number of aromatic nitrogens is 1. The highest BCUT2D eigenvalue weighted by atomic mass is 16.3. The molecule has 1 atom stereocenters. The molecule has 19 heavy (non-hydrogen) atoms. The number of benzene rings is 1. The summed E-state index contributed by atoms with van der Waals surface area (Å²) in [6.07, 6.45) is 0.828. The van der Waals surface area contributed by atoms with Crippen LogP contribution in [0.1, 0.15) is 26.0 Å². The molecule has 0 spiro atoms. The van der Waals surface area contributed by atoms with E-state index in [1.165, 1.54) is 0 Å². The van der Waals surface area contributed by atoms with Crippen molar-refractivity contribution in [3.8, 4) is 0 Å². The zero-order valence-corrected chi connectivity index (χ0v) is 11.7. The van der Waals surface area contributed by atoms with Gasteiger partial charge in [0, 0.05) is 22.5 Å². The minimum atomic E-state index is -0.342. The van der Waals surface area contributed by atoms with Gasteiger partial charge in [0.1, 0.15) is 0 Å². The van der Waals surface area contributed by atoms with Gasteiger partial charge in [-0.3, -0.25) is 4.98 Å². The molecule has 0 radical (unpaired) electrons. The number of aliphatic hydroxyl groups is 1. The van der Waals surface area contributed by atoms with Crippen molar-refractivity contribution < 1.29 is 5.11 Å². The van der Waals surface area contributed by atoms with Gasteiger partial charge in [0.15, 0.2) is 0 Å². The second kappa shape index (κ2) is 5.05. The SMILES string of the molecule is CCC(C)(CO)Nc1cc(C)nc2ccc(N)cc12. The van der Waals surface area contributed by atoms with Crippen molar-refractivity contribution in [2.45, 2.75) is 32.7 Å². The van der Waals surface area contributed by atoms with Crippen molar-refractivity contribution >= 4 is 22.3 Å². The Morgan fingerprint density at radius 3 is 2.74 bits per heavy atom. The van der Waals surface area contributed by atoms with E-state index in [1.54, 1.807) is 0 Å². The molecule has 4 heteroatoms. The molecular weight excluding hydrogens is 238 g/mol. The van der Waals surface area contributed by atoms with Crippen molar-refractivity contribution in [3.63, 3.8) is 0 Å². The van der Waals surface area contributed by atoms with Crippen LogP contribution in [0.25, 0.3) is 10.9 Å². The summed E-state index contributed by atoms with van der Waals surface area (Å²) in [5, 5.41) is 13.9. The molecule has 0 saturated heterocycles. The number of hydrogen-bond donors (Lipinski definition) is 3. The van der Waals surface area contributed by atoms with Crippen molar-refractivity contribution in [1.29, 1.82) is 0 Å². The monoisotopic (exact) mass is 259 g/mol. The molecule has 1 aromatic heterocycles. The molecule has 0 fully saturated rings. The number of fused-ring (bicyclic) bond motifs is 1. The highest BCUT2D eigenvalue weighted by Crippen LogP contribution is 2.28. The van der Waals surface area contributed by atoms with E-state index in [4.69, 9.17) is 5.73 Å². The molecule has 1 unspecified atom stereocenters. The lowest BCUT2D eigenvalue weighted by Crippen LogP contribution is -2.38. The van der Waals surface area contributed by atoms with Gasteiger partial charge in [-0.05, 0) is 44.5 Å². The standard InChI is InChI=1S/C15H21N3O/c1-4-15(3,9-19)18-14-7-10(2)17-13-6-5-11(16)8-12(13)14/h5-8,19H,4,9,16H2,1-3H3,(H,17,18). The third-order valence-electron chi connectivity index (χ3n) is 3.53. The summed E-state index contributed by atoms with van der Waals surface area (Å²) in [7, 11) is 0. The van der Waals surface area contributed by atoms with Gasteiger partial charge in [0.25, 0.3) is 0 Å². The molecule has 4 nitrogen and oxygen atoms in total. The Labute approximate surface area is 113 Å². The fourth-order valence-electron chi connectivity index (χ4n) is 2.04. The van der Waals surface area contributed by atoms with Crippen LogP contribution in [0.4, 0.5) is 11.4 Å². The van der Waals surface area contributed by atoms with Crippen molar-refractivity contribution in [2.24, 2.45) is 0 Å². The second-order valence-electron chi connectivity index (χ2n) is 5.29. The predicted molar refractivity (Wildman–Crippen MR) is 80.3 cm³/mol. The Morgan fingerprint density at radius 2 is 2.11 bits per heavy atom. The Balaban J connectivity index is 2.55. The lowest BCUT2D eigenvalue weighted by Gasteiger charge is -2.29. The lowest BCUT2D eigenvalue weighted by molar-refractivity contribution is 0.219. The molecule has 0 amide bonds. The first-order chi connectivity index (χ1) is 8.97. The van der Waals surface area contributed by atoms with Crippen molar-refractivity contribution in [1.82, 2.24) is 4.98 Å². The zero-order chi connectivity index (χ0) is 14.0. The maximum absolute atomic E-state index is 9.54. The first kappa shape index (κ1) is 13.6. The molecule has 2 aromatic rings. The molecule has 0 aliphatic carbocycles. The number of hydrogen-bond acceptors (Lipinski definition) is 4. The fraction of sp³-hybridized carbons (Fsp3) is 0.400. The van der Waals surface area contributed by atoms with Gasteiger partial charge in [0.05, 0.1) is 17.7 Å². The molecule has 0 bridgehead atoms. The Morgan fingerprint density at radius 1 is 1.37 bits per heavy atom. The van der Waals surface area contributed by atoms with Crippen molar-refractivity contribution in [3.05, 3.63) is 30.0 Å². The van der Waals surface area contributed by atoms with Gasteiger partial charge >= 0.3 is 0 Å². The van der Waals surface area contributed by atoms with Gasteiger partial charge in [-0.2, -0.15) is 0 Å². The summed E-state index contributed by atoms with van der Waals surface area (Å²) >= 11 is 0. The number of rotatable bonds is 4. The molecule has 4 N–H and O–H groups in total. The Kier molecular flexibility index (Phi) is 3.62. The smallest absolute Gasteiger partial charge is 0.0727 e. The molecule has 2 rings (SSSR count). The highest BCUT2D eigenvalue weighted by Gasteiger charge is 2.21. The summed E-state index contributed by atoms with van der Waals surface area (Å²) in [5.74, 6) is 0. The largest absolute Gasteiger partial charge is 0.399 e. The van der Waals surface area contributed by atoms with Crippen LogP contribution in [0.2, 0.25) is 0 Å². The lowest BCUT2D eigenvalue weighted by atomic mass is 9.99. The summed E-state index contributed by atoms with van der Waals surface area (Å²) in [6.45, 7) is 6.09. The summed E-state index contributed by atoms with van der Waals surface area (Å²) in [6, 6.07) is 7.68. The minimum absolute atomic E-state index is 0.0781. The third-order valence-corrected chi connectivity index (χ3v) is 3.53. The summed E-state index contributed by atoms with van der Waals surface area (Å²) < 4.78 is 0. The first-order valence-electron chi connectivity index (χ1n) is 6.53. The van der Waals surface area contributed by atoms with Gasteiger partial charge < -0.3 is 16.2 Å².